The first-order valence-electron chi connectivity index (χ1n) is 9.86. The average molecular weight is 508 g/mol. The highest BCUT2D eigenvalue weighted by Crippen LogP contribution is 2.26. The molecule has 1 fully saturated rings. The second-order valence-corrected chi connectivity index (χ2v) is 11.2. The number of hydrogen-bond acceptors (Lipinski definition) is 4. The second-order valence-electron chi connectivity index (χ2n) is 7.39. The van der Waals surface area contributed by atoms with Crippen LogP contribution in [0.15, 0.2) is 52.4 Å². The Labute approximate surface area is 200 Å². The lowest BCUT2D eigenvalue weighted by Crippen LogP contribution is -2.42. The molecule has 2 aromatic carbocycles. The molecule has 2 heterocycles. The van der Waals surface area contributed by atoms with Crippen molar-refractivity contribution in [2.45, 2.75) is 24.3 Å². The minimum absolute atomic E-state index is 0.0825. The Morgan fingerprint density at radius 3 is 2.62 bits per heavy atom. The standard InChI is InChI=1S/C22H19Cl2N3O3S2/c1-2-11-27-19-10-7-17(24)13-20(19)31-22(27)25-21(28)15-4-3-12-26(14-15)32(29,30)18-8-5-16(23)6-9-18/h1,5-10,13,15H,3-4,11-12,14H2. The number of fused-ring (bicyclic) bond motifs is 1. The highest BCUT2D eigenvalue weighted by molar-refractivity contribution is 7.89. The van der Waals surface area contributed by atoms with E-state index in [2.05, 4.69) is 10.9 Å². The Morgan fingerprint density at radius 2 is 1.91 bits per heavy atom. The highest BCUT2D eigenvalue weighted by Gasteiger charge is 2.33. The van der Waals surface area contributed by atoms with Crippen molar-refractivity contribution in [1.29, 1.82) is 0 Å². The smallest absolute Gasteiger partial charge is 0.252 e. The number of benzene rings is 2. The van der Waals surface area contributed by atoms with E-state index in [1.54, 1.807) is 16.7 Å². The van der Waals surface area contributed by atoms with E-state index < -0.39 is 15.9 Å². The molecular formula is C22H19Cl2N3O3S2. The van der Waals surface area contributed by atoms with E-state index in [1.807, 2.05) is 6.07 Å². The molecule has 0 saturated carbocycles. The largest absolute Gasteiger partial charge is 0.305 e. The van der Waals surface area contributed by atoms with Gasteiger partial charge in [-0.3, -0.25) is 4.79 Å². The van der Waals surface area contributed by atoms with Gasteiger partial charge in [0.25, 0.3) is 5.91 Å². The van der Waals surface area contributed by atoms with Gasteiger partial charge in [0.1, 0.15) is 0 Å². The fourth-order valence-corrected chi connectivity index (χ4v) is 6.64. The zero-order valence-corrected chi connectivity index (χ0v) is 20.0. The number of carbonyl (C=O) groups is 1. The molecule has 1 aromatic heterocycles. The topological polar surface area (TPSA) is 71.7 Å². The first kappa shape index (κ1) is 23.0. The Kier molecular flexibility index (Phi) is 6.75. The number of carbonyl (C=O) groups excluding carboxylic acids is 1. The van der Waals surface area contributed by atoms with Gasteiger partial charge in [0, 0.05) is 23.1 Å². The molecule has 1 amide bonds. The van der Waals surface area contributed by atoms with Crippen molar-refractivity contribution in [1.82, 2.24) is 8.87 Å². The number of sulfonamides is 1. The summed E-state index contributed by atoms with van der Waals surface area (Å²) in [6.45, 7) is 0.696. The Balaban J connectivity index is 1.63. The number of piperidine rings is 1. The van der Waals surface area contributed by atoms with E-state index in [-0.39, 0.29) is 23.9 Å². The summed E-state index contributed by atoms with van der Waals surface area (Å²) in [4.78, 5) is 18.0. The van der Waals surface area contributed by atoms with E-state index in [9.17, 15) is 13.2 Å². The van der Waals surface area contributed by atoms with Gasteiger partial charge in [-0.25, -0.2) is 8.42 Å². The summed E-state index contributed by atoms with van der Waals surface area (Å²) in [6, 6.07) is 11.4. The van der Waals surface area contributed by atoms with Gasteiger partial charge in [0.2, 0.25) is 10.0 Å². The highest BCUT2D eigenvalue weighted by atomic mass is 35.5. The molecular weight excluding hydrogens is 489 g/mol. The number of halogens is 2. The molecule has 1 atom stereocenters. The molecule has 0 N–H and O–H groups in total. The van der Waals surface area contributed by atoms with Gasteiger partial charge in [-0.2, -0.15) is 9.30 Å². The van der Waals surface area contributed by atoms with Gasteiger partial charge in [-0.1, -0.05) is 40.5 Å². The third-order valence-electron chi connectivity index (χ3n) is 5.28. The SMILES string of the molecule is C#CCn1c(=NC(=O)C2CCCN(S(=O)(=O)c3ccc(Cl)cc3)C2)sc2cc(Cl)ccc21. The maximum absolute atomic E-state index is 13.0. The molecule has 1 unspecified atom stereocenters. The molecule has 6 nitrogen and oxygen atoms in total. The summed E-state index contributed by atoms with van der Waals surface area (Å²) in [5.74, 6) is 1.70. The third kappa shape index (κ3) is 4.63. The molecule has 1 aliphatic heterocycles. The van der Waals surface area contributed by atoms with Gasteiger partial charge in [0.05, 0.1) is 27.6 Å². The molecule has 3 aromatic rings. The van der Waals surface area contributed by atoms with Crippen LogP contribution in [0.3, 0.4) is 0 Å². The minimum atomic E-state index is -3.72. The lowest BCUT2D eigenvalue weighted by molar-refractivity contribution is -0.122. The maximum Gasteiger partial charge on any atom is 0.252 e. The predicted octanol–water partition coefficient (Wildman–Crippen LogP) is 4.17. The predicted molar refractivity (Wildman–Crippen MR) is 127 cm³/mol. The van der Waals surface area contributed by atoms with Crippen molar-refractivity contribution in [3.63, 3.8) is 0 Å². The first-order chi connectivity index (χ1) is 15.3. The van der Waals surface area contributed by atoms with Crippen molar-refractivity contribution >= 4 is 60.7 Å². The van der Waals surface area contributed by atoms with Crippen molar-refractivity contribution in [2.75, 3.05) is 13.1 Å². The van der Waals surface area contributed by atoms with Crippen LogP contribution in [0.1, 0.15) is 12.8 Å². The van der Waals surface area contributed by atoms with Crippen molar-refractivity contribution in [2.24, 2.45) is 10.9 Å². The summed E-state index contributed by atoms with van der Waals surface area (Å²) < 4.78 is 30.0. The maximum atomic E-state index is 13.0. The number of aromatic nitrogens is 1. The summed E-state index contributed by atoms with van der Waals surface area (Å²) in [6.07, 6.45) is 6.66. The van der Waals surface area contributed by atoms with Crippen LogP contribution >= 0.6 is 34.5 Å². The molecule has 0 bridgehead atoms. The van der Waals surface area contributed by atoms with Crippen LogP contribution in [0.25, 0.3) is 10.2 Å². The number of hydrogen-bond donors (Lipinski definition) is 0. The fraction of sp³-hybridized carbons (Fsp3) is 0.273. The normalized spacial score (nSPS) is 18.0. The first-order valence-corrected chi connectivity index (χ1v) is 12.9. The van der Waals surface area contributed by atoms with E-state index >= 15 is 0 Å². The number of thiazole rings is 1. The van der Waals surface area contributed by atoms with Crippen molar-refractivity contribution in [3.8, 4) is 12.3 Å². The lowest BCUT2D eigenvalue weighted by Gasteiger charge is -2.30. The van der Waals surface area contributed by atoms with Crippen LogP contribution in [0.4, 0.5) is 0 Å². The Bertz CT molecular complexity index is 1390. The van der Waals surface area contributed by atoms with Gasteiger partial charge in [0.15, 0.2) is 4.80 Å². The molecule has 0 spiro atoms. The Hall–Kier alpha value is -2.15. The van der Waals surface area contributed by atoms with Crippen molar-refractivity contribution < 1.29 is 13.2 Å². The molecule has 1 saturated heterocycles. The quantitative estimate of drug-likeness (QED) is 0.497. The monoisotopic (exact) mass is 507 g/mol. The molecule has 166 valence electrons. The van der Waals surface area contributed by atoms with Crippen molar-refractivity contribution in [3.05, 3.63) is 57.3 Å². The molecule has 10 heteroatoms. The van der Waals surface area contributed by atoms with Crippen LogP contribution in [-0.4, -0.2) is 36.3 Å². The second kappa shape index (κ2) is 9.38. The van der Waals surface area contributed by atoms with Crippen LogP contribution in [0, 0.1) is 18.3 Å². The van der Waals surface area contributed by atoms with Gasteiger partial charge in [-0.05, 0) is 55.3 Å². The molecule has 1 aliphatic rings. The number of terminal acetylenes is 1. The zero-order chi connectivity index (χ0) is 22.9. The summed E-state index contributed by atoms with van der Waals surface area (Å²) >= 11 is 13.3. The third-order valence-corrected chi connectivity index (χ3v) is 8.69. The van der Waals surface area contributed by atoms with Gasteiger partial charge >= 0.3 is 0 Å². The van der Waals surface area contributed by atoms with E-state index in [4.69, 9.17) is 29.6 Å². The molecule has 0 aliphatic carbocycles. The number of rotatable bonds is 4. The van der Waals surface area contributed by atoms with Gasteiger partial charge in [-0.15, -0.1) is 6.42 Å². The summed E-state index contributed by atoms with van der Waals surface area (Å²) in [7, 11) is -3.72. The van der Waals surface area contributed by atoms with Crippen LogP contribution < -0.4 is 4.80 Å². The fourth-order valence-electron chi connectivity index (χ4n) is 3.68. The minimum Gasteiger partial charge on any atom is -0.305 e. The number of amides is 1. The van der Waals surface area contributed by atoms with E-state index in [0.29, 0.717) is 34.2 Å². The molecule has 0 radical (unpaired) electrons. The van der Waals surface area contributed by atoms with E-state index in [1.165, 1.54) is 39.9 Å². The van der Waals surface area contributed by atoms with Gasteiger partial charge < -0.3 is 4.57 Å². The average Bonchev–Trinajstić information content (AvgIpc) is 3.10. The van der Waals surface area contributed by atoms with Crippen LogP contribution in [-0.2, 0) is 21.4 Å². The molecule has 32 heavy (non-hydrogen) atoms. The lowest BCUT2D eigenvalue weighted by atomic mass is 9.99. The number of nitrogens with zero attached hydrogens (tertiary/aromatic N) is 3. The summed E-state index contributed by atoms with van der Waals surface area (Å²) in [5.41, 5.74) is 0.847. The zero-order valence-electron chi connectivity index (χ0n) is 16.9. The Morgan fingerprint density at radius 1 is 1.19 bits per heavy atom. The van der Waals surface area contributed by atoms with Crippen LogP contribution in [0.5, 0.6) is 0 Å². The van der Waals surface area contributed by atoms with E-state index in [0.717, 1.165) is 10.2 Å². The molecule has 4 rings (SSSR count). The summed E-state index contributed by atoms with van der Waals surface area (Å²) in [5, 5.41) is 1.04. The van der Waals surface area contributed by atoms with Crippen LogP contribution in [0.2, 0.25) is 10.0 Å².